The van der Waals surface area contributed by atoms with E-state index in [9.17, 15) is 0 Å². The van der Waals surface area contributed by atoms with Gasteiger partial charge in [0.05, 0.1) is 0 Å². The standard InChI is InChI=1S/C17H15PS/c1-18(19,15-10-3-2-4-11-15)17-13-7-9-14-8-5-6-12-16(14)17/h2-13H,1H3/t18-/m0/s1. The summed E-state index contributed by atoms with van der Waals surface area (Å²) in [5, 5.41) is 5.15. The van der Waals surface area contributed by atoms with E-state index < -0.39 is 6.04 Å². The fourth-order valence-electron chi connectivity index (χ4n) is 2.43. The topological polar surface area (TPSA) is 0 Å². The minimum atomic E-state index is -1.71. The van der Waals surface area contributed by atoms with Gasteiger partial charge in [-0.05, 0) is 28.0 Å². The molecular weight excluding hydrogens is 267 g/mol. The van der Waals surface area contributed by atoms with Crippen molar-refractivity contribution in [3.05, 3.63) is 72.8 Å². The molecule has 0 saturated carbocycles. The first-order chi connectivity index (χ1) is 9.19. The summed E-state index contributed by atoms with van der Waals surface area (Å²) in [6.07, 6.45) is 0. The van der Waals surface area contributed by atoms with Gasteiger partial charge >= 0.3 is 0 Å². The molecule has 0 aliphatic carbocycles. The zero-order valence-corrected chi connectivity index (χ0v) is 12.5. The summed E-state index contributed by atoms with van der Waals surface area (Å²) >= 11 is 6.01. The van der Waals surface area contributed by atoms with Crippen LogP contribution in [0.4, 0.5) is 0 Å². The first kappa shape index (κ1) is 12.6. The number of hydrogen-bond acceptors (Lipinski definition) is 1. The van der Waals surface area contributed by atoms with Crippen molar-refractivity contribution in [1.82, 2.24) is 0 Å². The van der Waals surface area contributed by atoms with Gasteiger partial charge in [-0.2, -0.15) is 0 Å². The number of hydrogen-bond donors (Lipinski definition) is 0. The Morgan fingerprint density at radius 3 is 2.16 bits per heavy atom. The third-order valence-corrected chi connectivity index (χ3v) is 7.29. The number of rotatable bonds is 2. The first-order valence-corrected chi connectivity index (χ1v) is 9.56. The molecule has 0 spiro atoms. The molecule has 0 aromatic heterocycles. The highest BCUT2D eigenvalue weighted by Gasteiger charge is 2.18. The molecule has 0 radical (unpaired) electrons. The van der Waals surface area contributed by atoms with E-state index in [-0.39, 0.29) is 0 Å². The van der Waals surface area contributed by atoms with E-state index in [1.807, 2.05) is 6.07 Å². The summed E-state index contributed by atoms with van der Waals surface area (Å²) in [5.74, 6) is 0. The monoisotopic (exact) mass is 282 g/mol. The molecule has 0 bridgehead atoms. The van der Waals surface area contributed by atoms with Gasteiger partial charge in [0.1, 0.15) is 0 Å². The third-order valence-electron chi connectivity index (χ3n) is 3.48. The summed E-state index contributed by atoms with van der Waals surface area (Å²) in [4.78, 5) is 0. The van der Waals surface area contributed by atoms with Crippen molar-refractivity contribution >= 4 is 39.2 Å². The van der Waals surface area contributed by atoms with E-state index in [0.717, 1.165) is 0 Å². The maximum Gasteiger partial charge on any atom is 0.00822 e. The molecule has 0 fully saturated rings. The van der Waals surface area contributed by atoms with Crippen molar-refractivity contribution in [1.29, 1.82) is 0 Å². The van der Waals surface area contributed by atoms with E-state index in [2.05, 4.69) is 73.4 Å². The van der Waals surface area contributed by atoms with Crippen molar-refractivity contribution in [2.75, 3.05) is 6.66 Å². The lowest BCUT2D eigenvalue weighted by molar-refractivity contribution is 1.76. The van der Waals surface area contributed by atoms with E-state index in [4.69, 9.17) is 11.8 Å². The molecular formula is C17H15PS. The second-order valence-electron chi connectivity index (χ2n) is 4.76. The summed E-state index contributed by atoms with van der Waals surface area (Å²) in [6, 6.07) is 23.7. The molecule has 0 saturated heterocycles. The van der Waals surface area contributed by atoms with Crippen LogP contribution in [0.15, 0.2) is 72.8 Å². The Hall–Kier alpha value is -1.43. The average molecular weight is 282 g/mol. The summed E-state index contributed by atoms with van der Waals surface area (Å²) in [7, 11) is 0. The largest absolute Gasteiger partial charge is 0.0879 e. The van der Waals surface area contributed by atoms with Crippen molar-refractivity contribution in [3.8, 4) is 0 Å². The van der Waals surface area contributed by atoms with Gasteiger partial charge in [0.15, 0.2) is 0 Å². The Morgan fingerprint density at radius 2 is 1.37 bits per heavy atom. The zero-order chi connectivity index (χ0) is 13.3. The van der Waals surface area contributed by atoms with Crippen LogP contribution in [0.25, 0.3) is 10.8 Å². The molecule has 0 heterocycles. The number of benzene rings is 3. The SMILES string of the molecule is C[P@](=S)(c1ccccc1)c1cccc2ccccc12. The molecule has 94 valence electrons. The molecule has 1 atom stereocenters. The van der Waals surface area contributed by atoms with Crippen LogP contribution in [0.3, 0.4) is 0 Å². The predicted octanol–water partition coefficient (Wildman–Crippen LogP) is 3.90. The van der Waals surface area contributed by atoms with E-state index in [0.29, 0.717) is 0 Å². The van der Waals surface area contributed by atoms with Crippen LogP contribution >= 0.6 is 6.04 Å². The maximum atomic E-state index is 6.01. The molecule has 0 aliphatic heterocycles. The van der Waals surface area contributed by atoms with Gasteiger partial charge in [-0.1, -0.05) is 84.6 Å². The smallest absolute Gasteiger partial charge is 0.00822 e. The van der Waals surface area contributed by atoms with Gasteiger partial charge in [-0.25, -0.2) is 0 Å². The molecule has 0 nitrogen and oxygen atoms in total. The Bertz CT molecular complexity index is 757. The fraction of sp³-hybridized carbons (Fsp3) is 0.0588. The molecule has 0 aliphatic rings. The van der Waals surface area contributed by atoms with Crippen LogP contribution in [-0.2, 0) is 11.8 Å². The van der Waals surface area contributed by atoms with E-state index in [1.165, 1.54) is 21.4 Å². The van der Waals surface area contributed by atoms with E-state index in [1.54, 1.807) is 0 Å². The Balaban J connectivity index is 2.28. The second kappa shape index (κ2) is 4.92. The Kier molecular flexibility index (Phi) is 3.26. The normalized spacial score (nSPS) is 14.2. The molecule has 0 amide bonds. The van der Waals surface area contributed by atoms with Crippen LogP contribution in [0.5, 0.6) is 0 Å². The van der Waals surface area contributed by atoms with Crippen LogP contribution in [-0.4, -0.2) is 6.66 Å². The molecule has 3 aromatic rings. The lowest BCUT2D eigenvalue weighted by Crippen LogP contribution is -2.15. The van der Waals surface area contributed by atoms with Crippen molar-refractivity contribution < 1.29 is 0 Å². The van der Waals surface area contributed by atoms with Crippen molar-refractivity contribution in [2.24, 2.45) is 0 Å². The minimum Gasteiger partial charge on any atom is -0.0879 e. The fourth-order valence-corrected chi connectivity index (χ4v) is 5.33. The van der Waals surface area contributed by atoms with Crippen LogP contribution < -0.4 is 10.6 Å². The van der Waals surface area contributed by atoms with Crippen molar-refractivity contribution in [3.63, 3.8) is 0 Å². The quantitative estimate of drug-likeness (QED) is 0.642. The van der Waals surface area contributed by atoms with Crippen LogP contribution in [0.1, 0.15) is 0 Å². The molecule has 2 heteroatoms. The van der Waals surface area contributed by atoms with Gasteiger partial charge in [0, 0.05) is 6.04 Å². The van der Waals surface area contributed by atoms with Crippen LogP contribution in [0.2, 0.25) is 0 Å². The molecule has 0 N–H and O–H groups in total. The second-order valence-corrected chi connectivity index (χ2v) is 9.80. The van der Waals surface area contributed by atoms with Crippen molar-refractivity contribution in [2.45, 2.75) is 0 Å². The average Bonchev–Trinajstić information content (AvgIpc) is 2.47. The summed E-state index contributed by atoms with van der Waals surface area (Å²) in [6.45, 7) is 2.22. The summed E-state index contributed by atoms with van der Waals surface area (Å²) in [5.41, 5.74) is 0. The highest BCUT2D eigenvalue weighted by molar-refractivity contribution is 8.21. The molecule has 19 heavy (non-hydrogen) atoms. The maximum absolute atomic E-state index is 6.01. The Labute approximate surface area is 119 Å². The number of fused-ring (bicyclic) bond motifs is 1. The summed E-state index contributed by atoms with van der Waals surface area (Å²) < 4.78 is 0. The molecule has 0 unspecified atom stereocenters. The van der Waals surface area contributed by atoms with Gasteiger partial charge in [0.25, 0.3) is 0 Å². The molecule has 3 rings (SSSR count). The highest BCUT2D eigenvalue weighted by Crippen LogP contribution is 2.41. The van der Waals surface area contributed by atoms with Gasteiger partial charge < -0.3 is 0 Å². The van der Waals surface area contributed by atoms with Crippen LogP contribution in [0, 0.1) is 0 Å². The lowest BCUT2D eigenvalue weighted by atomic mass is 10.1. The first-order valence-electron chi connectivity index (χ1n) is 6.31. The Morgan fingerprint density at radius 1 is 0.737 bits per heavy atom. The lowest BCUT2D eigenvalue weighted by Gasteiger charge is -2.20. The third kappa shape index (κ3) is 2.25. The highest BCUT2D eigenvalue weighted by atomic mass is 32.4. The van der Waals surface area contributed by atoms with Gasteiger partial charge in [-0.3, -0.25) is 0 Å². The zero-order valence-electron chi connectivity index (χ0n) is 10.8. The predicted molar refractivity (Wildman–Crippen MR) is 89.9 cm³/mol. The van der Waals surface area contributed by atoms with Gasteiger partial charge in [-0.15, -0.1) is 0 Å². The van der Waals surface area contributed by atoms with Gasteiger partial charge in [0.2, 0.25) is 0 Å². The minimum absolute atomic E-state index is 1.27. The van der Waals surface area contributed by atoms with E-state index >= 15 is 0 Å². The molecule has 3 aromatic carbocycles.